The van der Waals surface area contributed by atoms with Crippen LogP contribution in [0.4, 0.5) is 0 Å². The summed E-state index contributed by atoms with van der Waals surface area (Å²) >= 11 is 0. The third kappa shape index (κ3) is 33.4. The van der Waals surface area contributed by atoms with Gasteiger partial charge in [0.1, 0.15) is 0 Å². The Bertz CT molecular complexity index is 111. The first kappa shape index (κ1) is 18.7. The fourth-order valence-corrected chi connectivity index (χ4v) is 0.232. The predicted molar refractivity (Wildman–Crippen MR) is 44.9 cm³/mol. The molecule has 0 aromatic carbocycles. The van der Waals surface area contributed by atoms with Gasteiger partial charge in [-0.2, -0.15) is 0 Å². The Morgan fingerprint density at radius 2 is 1.92 bits per heavy atom. The fraction of sp³-hybridized carbons (Fsp3) is 0.857. The number of carbonyl (C=O) groups is 1. The number of hydrogen-bond acceptors (Lipinski definition) is 4. The zero-order valence-corrected chi connectivity index (χ0v) is 11.1. The van der Waals surface area contributed by atoms with E-state index in [9.17, 15) is 4.79 Å². The molecule has 0 aliphatic rings. The Hall–Kier alpha value is -0.0266. The molecule has 0 aliphatic carbocycles. The van der Waals surface area contributed by atoms with Crippen LogP contribution in [0.5, 0.6) is 0 Å². The average Bonchev–Trinajstić information content (AvgIpc) is 2.02. The molecule has 4 N–H and O–H groups in total. The normalized spacial score (nSPS) is 10.5. The number of carboxylic acids is 1. The number of aliphatic carboxylic acids is 1. The molecule has 0 saturated heterocycles. The molecule has 0 radical (unpaired) electrons. The summed E-state index contributed by atoms with van der Waals surface area (Å²) in [6.07, 6.45) is -0.560. The third-order valence-electron chi connectivity index (χ3n) is 0.790. The van der Waals surface area contributed by atoms with Crippen LogP contribution in [0.2, 0.25) is 0 Å². The van der Waals surface area contributed by atoms with Crippen molar-refractivity contribution in [3.63, 3.8) is 0 Å². The van der Waals surface area contributed by atoms with Crippen molar-refractivity contribution in [3.8, 4) is 0 Å². The standard InChI is InChI=1S/C4H9NO2.C3H8O2.Zn/c1-2-5-3-4(6)7;1-3(5)2-4;/h5H,2-3H2,1H3,(H,6,7);3-5H,2H2,1H3;. The Kier molecular flexibility index (Phi) is 20.8. The number of hydrogen-bond donors (Lipinski definition) is 4. The molecule has 76 valence electrons. The second-order valence-electron chi connectivity index (χ2n) is 2.21. The molecule has 0 rings (SSSR count). The van der Waals surface area contributed by atoms with Gasteiger partial charge in [-0.3, -0.25) is 4.79 Å². The van der Waals surface area contributed by atoms with Crippen molar-refractivity contribution >= 4 is 5.97 Å². The summed E-state index contributed by atoms with van der Waals surface area (Å²) < 4.78 is 0. The number of nitrogens with one attached hydrogen (secondary N) is 1. The van der Waals surface area contributed by atoms with Crippen LogP contribution in [0.15, 0.2) is 0 Å². The van der Waals surface area contributed by atoms with E-state index in [0.717, 1.165) is 0 Å². The van der Waals surface area contributed by atoms with Crippen molar-refractivity contribution < 1.29 is 39.6 Å². The minimum atomic E-state index is -0.804. The predicted octanol–water partition coefficient (Wildman–Crippen LogP) is -0.962. The second-order valence-corrected chi connectivity index (χ2v) is 2.21. The minimum absolute atomic E-state index is 0. The van der Waals surface area contributed by atoms with Crippen LogP contribution >= 0.6 is 0 Å². The summed E-state index contributed by atoms with van der Waals surface area (Å²) in [7, 11) is 0. The number of likely N-dealkylation sites (N-methyl/N-ethyl adjacent to an activating group) is 1. The number of aliphatic hydroxyl groups excluding tert-OH is 2. The van der Waals surface area contributed by atoms with Crippen LogP contribution in [0.1, 0.15) is 13.8 Å². The summed E-state index contributed by atoms with van der Waals surface area (Å²) in [5, 5.41) is 26.6. The van der Waals surface area contributed by atoms with Gasteiger partial charge in [0.25, 0.3) is 0 Å². The van der Waals surface area contributed by atoms with Crippen LogP contribution < -0.4 is 5.32 Å². The monoisotopic (exact) mass is 243 g/mol. The summed E-state index contributed by atoms with van der Waals surface area (Å²) in [4.78, 5) is 9.70. The van der Waals surface area contributed by atoms with Gasteiger partial charge in [-0.25, -0.2) is 0 Å². The second kappa shape index (κ2) is 14.5. The van der Waals surface area contributed by atoms with E-state index in [1.165, 1.54) is 6.92 Å². The fourth-order valence-electron chi connectivity index (χ4n) is 0.232. The van der Waals surface area contributed by atoms with E-state index in [4.69, 9.17) is 15.3 Å². The summed E-state index contributed by atoms with van der Waals surface area (Å²) in [5.41, 5.74) is 0. The van der Waals surface area contributed by atoms with Crippen molar-refractivity contribution in [1.82, 2.24) is 5.32 Å². The minimum Gasteiger partial charge on any atom is -0.480 e. The van der Waals surface area contributed by atoms with E-state index in [-0.39, 0.29) is 32.6 Å². The molecule has 5 nitrogen and oxygen atoms in total. The van der Waals surface area contributed by atoms with Gasteiger partial charge in [-0.1, -0.05) is 6.92 Å². The molecule has 0 spiro atoms. The van der Waals surface area contributed by atoms with Crippen LogP contribution in [0, 0.1) is 0 Å². The van der Waals surface area contributed by atoms with Crippen molar-refractivity contribution in [1.29, 1.82) is 0 Å². The quantitative estimate of drug-likeness (QED) is 0.478. The zero-order valence-electron chi connectivity index (χ0n) is 8.16. The maximum Gasteiger partial charge on any atom is 0.317 e. The first-order valence-corrected chi connectivity index (χ1v) is 3.76. The van der Waals surface area contributed by atoms with Gasteiger partial charge >= 0.3 is 5.97 Å². The molecule has 0 amide bonds. The molecule has 0 heterocycles. The van der Waals surface area contributed by atoms with Gasteiger partial charge < -0.3 is 20.6 Å². The molecule has 0 saturated carbocycles. The van der Waals surface area contributed by atoms with Gasteiger partial charge in [0.15, 0.2) is 0 Å². The van der Waals surface area contributed by atoms with E-state index in [1.807, 2.05) is 6.92 Å². The maximum atomic E-state index is 9.70. The molecule has 0 aromatic heterocycles. The van der Waals surface area contributed by atoms with Crippen LogP contribution in [0.3, 0.4) is 0 Å². The SMILES string of the molecule is CC(O)CO.CCNCC(=O)O.[Zn]. The van der Waals surface area contributed by atoms with Gasteiger partial charge in [-0.15, -0.1) is 0 Å². The van der Waals surface area contributed by atoms with Gasteiger partial charge in [-0.05, 0) is 13.5 Å². The largest absolute Gasteiger partial charge is 0.480 e. The molecular formula is C7H17NO4Zn. The Balaban J connectivity index is -0.000000150. The van der Waals surface area contributed by atoms with Crippen LogP contribution in [-0.2, 0) is 24.3 Å². The Morgan fingerprint density at radius 1 is 1.54 bits per heavy atom. The summed E-state index contributed by atoms with van der Waals surface area (Å²) in [5.74, 6) is -0.804. The van der Waals surface area contributed by atoms with E-state index < -0.39 is 12.1 Å². The molecule has 0 fully saturated rings. The Labute approximate surface area is 90.9 Å². The molecule has 6 heteroatoms. The molecule has 0 aliphatic heterocycles. The number of rotatable bonds is 4. The van der Waals surface area contributed by atoms with E-state index in [2.05, 4.69) is 5.32 Å². The molecular weight excluding hydrogens is 227 g/mol. The maximum absolute atomic E-state index is 9.70. The first-order chi connectivity index (χ1) is 5.54. The Morgan fingerprint density at radius 3 is 2.00 bits per heavy atom. The number of carboxylic acid groups (broad SMARTS) is 1. The average molecular weight is 245 g/mol. The topological polar surface area (TPSA) is 89.8 Å². The van der Waals surface area contributed by atoms with Crippen LogP contribution in [0.25, 0.3) is 0 Å². The number of aliphatic hydroxyl groups is 2. The molecule has 1 unspecified atom stereocenters. The van der Waals surface area contributed by atoms with Gasteiger partial charge in [0.2, 0.25) is 0 Å². The molecule has 0 bridgehead atoms. The van der Waals surface area contributed by atoms with Crippen molar-refractivity contribution in [3.05, 3.63) is 0 Å². The van der Waals surface area contributed by atoms with E-state index in [0.29, 0.717) is 6.54 Å². The summed E-state index contributed by atoms with van der Waals surface area (Å²) in [6.45, 7) is 4.03. The van der Waals surface area contributed by atoms with Gasteiger partial charge in [0.05, 0.1) is 19.3 Å². The molecule has 13 heavy (non-hydrogen) atoms. The molecule has 1 atom stereocenters. The van der Waals surface area contributed by atoms with E-state index >= 15 is 0 Å². The van der Waals surface area contributed by atoms with E-state index in [1.54, 1.807) is 0 Å². The van der Waals surface area contributed by atoms with Crippen molar-refractivity contribution in [2.24, 2.45) is 0 Å². The zero-order chi connectivity index (χ0) is 9.98. The summed E-state index contributed by atoms with van der Waals surface area (Å²) in [6, 6.07) is 0. The van der Waals surface area contributed by atoms with Crippen molar-refractivity contribution in [2.75, 3.05) is 19.7 Å². The first-order valence-electron chi connectivity index (χ1n) is 3.76. The van der Waals surface area contributed by atoms with Gasteiger partial charge in [0, 0.05) is 19.5 Å². The van der Waals surface area contributed by atoms with Crippen molar-refractivity contribution in [2.45, 2.75) is 20.0 Å². The molecule has 0 aromatic rings. The third-order valence-corrected chi connectivity index (χ3v) is 0.790. The van der Waals surface area contributed by atoms with Crippen LogP contribution in [-0.4, -0.2) is 47.1 Å². The smallest absolute Gasteiger partial charge is 0.317 e.